The molecule has 2 aromatic heterocycles. The number of anilines is 1. The third-order valence-corrected chi connectivity index (χ3v) is 5.60. The average Bonchev–Trinajstić information content (AvgIpc) is 2.92. The van der Waals surface area contributed by atoms with Gasteiger partial charge < -0.3 is 10.6 Å². The summed E-state index contributed by atoms with van der Waals surface area (Å²) >= 11 is 0. The Morgan fingerprint density at radius 2 is 1.72 bits per heavy atom. The quantitative estimate of drug-likeness (QED) is 0.382. The van der Waals surface area contributed by atoms with Crippen LogP contribution in [-0.4, -0.2) is 15.9 Å². The van der Waals surface area contributed by atoms with Crippen molar-refractivity contribution in [1.82, 2.24) is 15.3 Å². The molecule has 7 nitrogen and oxygen atoms in total. The maximum absolute atomic E-state index is 13.2. The van der Waals surface area contributed by atoms with Gasteiger partial charge in [-0.15, -0.1) is 0 Å². The fourth-order valence-electron chi connectivity index (χ4n) is 3.62. The average molecular weight is 477 g/mol. The van der Waals surface area contributed by atoms with Crippen LogP contribution < -0.4 is 10.6 Å². The van der Waals surface area contributed by atoms with Crippen LogP contribution in [0.3, 0.4) is 0 Å². The predicted molar refractivity (Wildman–Crippen MR) is 133 cm³/mol. The van der Waals surface area contributed by atoms with Crippen LogP contribution in [0.1, 0.15) is 45.7 Å². The molecule has 0 radical (unpaired) electrons. The second kappa shape index (κ2) is 10.9. The highest BCUT2D eigenvalue weighted by molar-refractivity contribution is 5.99. The Kier molecular flexibility index (Phi) is 7.28. The number of aromatic nitrogens is 2. The van der Waals surface area contributed by atoms with Crippen molar-refractivity contribution in [2.75, 3.05) is 5.32 Å². The molecule has 1 atom stereocenters. The molecular weight excluding hydrogens is 455 g/mol. The second-order valence-electron chi connectivity index (χ2n) is 8.07. The van der Waals surface area contributed by atoms with Gasteiger partial charge in [0, 0.05) is 18.9 Å². The molecule has 0 aliphatic carbocycles. The van der Waals surface area contributed by atoms with E-state index in [9.17, 15) is 14.4 Å². The maximum Gasteiger partial charge on any atom is 0.255 e. The van der Waals surface area contributed by atoms with E-state index in [4.69, 9.17) is 5.26 Å². The van der Waals surface area contributed by atoms with Crippen LogP contribution in [0.15, 0.2) is 79.1 Å². The Hall–Kier alpha value is -5.08. The maximum atomic E-state index is 13.2. The van der Waals surface area contributed by atoms with Crippen LogP contribution in [0.2, 0.25) is 0 Å². The summed E-state index contributed by atoms with van der Waals surface area (Å²) in [5, 5.41) is 24.4. The number of amides is 1. The Bertz CT molecular complexity index is 1470. The molecule has 2 N–H and O–H groups in total. The van der Waals surface area contributed by atoms with E-state index >= 15 is 0 Å². The Balaban J connectivity index is 1.48. The van der Waals surface area contributed by atoms with Crippen LogP contribution in [0.25, 0.3) is 11.1 Å². The number of nitrogens with one attached hydrogen (secondary N) is 2. The van der Waals surface area contributed by atoms with Crippen molar-refractivity contribution in [3.63, 3.8) is 0 Å². The van der Waals surface area contributed by atoms with Gasteiger partial charge in [0.2, 0.25) is 0 Å². The van der Waals surface area contributed by atoms with Crippen LogP contribution in [0, 0.1) is 28.5 Å². The molecule has 4 aromatic rings. The van der Waals surface area contributed by atoms with Gasteiger partial charge in [0.25, 0.3) is 5.91 Å². The number of carbonyl (C=O) groups is 1. The highest BCUT2D eigenvalue weighted by atomic mass is 19.1. The first-order chi connectivity index (χ1) is 17.5. The van der Waals surface area contributed by atoms with Crippen molar-refractivity contribution in [3.05, 3.63) is 113 Å². The Morgan fingerprint density at radius 3 is 2.42 bits per heavy atom. The fraction of sp³-hybridized carbons (Fsp3) is 0.107. The number of hydrogen-bond donors (Lipinski definition) is 2. The molecular formula is C28H21FN6O. The van der Waals surface area contributed by atoms with Crippen LogP contribution >= 0.6 is 0 Å². The summed E-state index contributed by atoms with van der Waals surface area (Å²) in [5.41, 5.74) is 4.39. The van der Waals surface area contributed by atoms with Gasteiger partial charge in [-0.2, -0.15) is 10.5 Å². The van der Waals surface area contributed by atoms with Gasteiger partial charge >= 0.3 is 0 Å². The number of carbonyl (C=O) groups excluding carboxylic acids is 1. The SMILES string of the molecule is C[C@H](NC(=O)c1cc(C#N)cnc1NCc1ccc(-c2ccnc(C#N)c2)cc1)c1ccc(F)cc1. The van der Waals surface area contributed by atoms with Gasteiger partial charge in [-0.1, -0.05) is 36.4 Å². The molecule has 0 saturated heterocycles. The lowest BCUT2D eigenvalue weighted by atomic mass is 10.0. The fourth-order valence-corrected chi connectivity index (χ4v) is 3.62. The molecule has 1 amide bonds. The second-order valence-corrected chi connectivity index (χ2v) is 8.07. The molecule has 0 fully saturated rings. The lowest BCUT2D eigenvalue weighted by molar-refractivity contribution is 0.0940. The molecule has 0 aliphatic rings. The minimum atomic E-state index is -0.403. The summed E-state index contributed by atoms with van der Waals surface area (Å²) in [6, 6.07) is 22.4. The lowest BCUT2D eigenvalue weighted by Gasteiger charge is -2.16. The Labute approximate surface area is 207 Å². The van der Waals surface area contributed by atoms with Gasteiger partial charge in [0.05, 0.1) is 17.2 Å². The van der Waals surface area contributed by atoms with Crippen LogP contribution in [-0.2, 0) is 6.54 Å². The lowest BCUT2D eigenvalue weighted by Crippen LogP contribution is -2.28. The van der Waals surface area contributed by atoms with E-state index in [0.717, 1.165) is 22.3 Å². The highest BCUT2D eigenvalue weighted by Gasteiger charge is 2.17. The summed E-state index contributed by atoms with van der Waals surface area (Å²) in [4.78, 5) is 21.3. The minimum Gasteiger partial charge on any atom is -0.365 e. The molecule has 2 heterocycles. The van der Waals surface area contributed by atoms with Gasteiger partial charge in [-0.25, -0.2) is 14.4 Å². The monoisotopic (exact) mass is 476 g/mol. The van der Waals surface area contributed by atoms with Gasteiger partial charge in [-0.05, 0) is 59.5 Å². The number of benzene rings is 2. The molecule has 0 unspecified atom stereocenters. The third-order valence-electron chi connectivity index (χ3n) is 5.60. The van der Waals surface area contributed by atoms with Crippen molar-refractivity contribution in [1.29, 1.82) is 10.5 Å². The topological polar surface area (TPSA) is 114 Å². The molecule has 36 heavy (non-hydrogen) atoms. The Morgan fingerprint density at radius 1 is 0.972 bits per heavy atom. The molecule has 2 aromatic carbocycles. The van der Waals surface area contributed by atoms with Crippen molar-refractivity contribution in [2.45, 2.75) is 19.5 Å². The van der Waals surface area contributed by atoms with E-state index in [0.29, 0.717) is 18.1 Å². The largest absolute Gasteiger partial charge is 0.365 e. The van der Waals surface area contributed by atoms with Gasteiger partial charge in [-0.3, -0.25) is 4.79 Å². The number of nitriles is 2. The van der Waals surface area contributed by atoms with Crippen LogP contribution in [0.4, 0.5) is 10.2 Å². The van der Waals surface area contributed by atoms with Crippen molar-refractivity contribution in [2.24, 2.45) is 0 Å². The molecule has 176 valence electrons. The first-order valence-electron chi connectivity index (χ1n) is 11.1. The van der Waals surface area contributed by atoms with E-state index in [-0.39, 0.29) is 23.0 Å². The molecule has 0 spiro atoms. The zero-order chi connectivity index (χ0) is 25.5. The van der Waals surface area contributed by atoms with E-state index in [1.165, 1.54) is 24.4 Å². The normalized spacial score (nSPS) is 11.1. The summed E-state index contributed by atoms with van der Waals surface area (Å²) in [6.45, 7) is 2.19. The first-order valence-corrected chi connectivity index (χ1v) is 11.1. The number of halogens is 1. The highest BCUT2D eigenvalue weighted by Crippen LogP contribution is 2.22. The number of hydrogen-bond acceptors (Lipinski definition) is 6. The van der Waals surface area contributed by atoms with Gasteiger partial charge in [0.15, 0.2) is 0 Å². The van der Waals surface area contributed by atoms with E-state index < -0.39 is 5.91 Å². The van der Waals surface area contributed by atoms with Crippen molar-refractivity contribution in [3.8, 4) is 23.3 Å². The third kappa shape index (κ3) is 5.69. The zero-order valence-corrected chi connectivity index (χ0v) is 19.4. The number of pyridine rings is 2. The number of rotatable bonds is 7. The molecule has 0 saturated carbocycles. The van der Waals surface area contributed by atoms with Crippen molar-refractivity contribution < 1.29 is 9.18 Å². The zero-order valence-electron chi connectivity index (χ0n) is 19.4. The minimum absolute atomic E-state index is 0.237. The molecule has 0 aliphatic heterocycles. The smallest absolute Gasteiger partial charge is 0.255 e. The van der Waals surface area contributed by atoms with Crippen molar-refractivity contribution >= 4 is 11.7 Å². The molecule has 4 rings (SSSR count). The number of nitrogens with zero attached hydrogens (tertiary/aromatic N) is 4. The summed E-state index contributed by atoms with van der Waals surface area (Å²) in [5.74, 6) is -0.412. The molecule has 8 heteroatoms. The summed E-state index contributed by atoms with van der Waals surface area (Å²) < 4.78 is 13.2. The van der Waals surface area contributed by atoms with E-state index in [2.05, 4.69) is 20.6 Å². The summed E-state index contributed by atoms with van der Waals surface area (Å²) in [7, 11) is 0. The van der Waals surface area contributed by atoms with E-state index in [1.807, 2.05) is 42.5 Å². The standard InChI is InChI=1S/C28H21FN6O/c1-18(21-6-8-24(29)9-7-21)35-28(36)26-12-20(14-30)17-34-27(26)33-16-19-2-4-22(5-3-19)23-10-11-32-25(13-23)15-31/h2-13,17-18H,16H2,1H3,(H,33,34)(H,35,36)/t18-/m0/s1. The predicted octanol–water partition coefficient (Wildman–Crippen LogP) is 5.13. The molecule has 0 bridgehead atoms. The summed E-state index contributed by atoms with van der Waals surface area (Å²) in [6.07, 6.45) is 3.01. The van der Waals surface area contributed by atoms with Gasteiger partial charge in [0.1, 0.15) is 29.5 Å². The van der Waals surface area contributed by atoms with Crippen LogP contribution in [0.5, 0.6) is 0 Å². The first kappa shape index (κ1) is 24.1. The van der Waals surface area contributed by atoms with E-state index in [1.54, 1.807) is 31.3 Å².